The Hall–Kier alpha value is -3.29. The zero-order valence-corrected chi connectivity index (χ0v) is 18.1. The normalized spacial score (nSPS) is 10.6. The molecule has 5 nitrogen and oxygen atoms in total. The van der Waals surface area contributed by atoms with Crippen molar-refractivity contribution in [3.05, 3.63) is 87.1 Å². The first-order valence-electron chi connectivity index (χ1n) is 9.30. The molecule has 2 N–H and O–H groups in total. The second-order valence-electron chi connectivity index (χ2n) is 6.70. The average Bonchev–Trinajstić information content (AvgIpc) is 3.40. The molecule has 2 aromatic carbocycles. The number of benzene rings is 2. The summed E-state index contributed by atoms with van der Waals surface area (Å²) in [4.78, 5) is 30.7. The average molecular weight is 434 g/mol. The second kappa shape index (κ2) is 8.61. The predicted molar refractivity (Wildman–Crippen MR) is 124 cm³/mol. The first-order valence-corrected chi connectivity index (χ1v) is 11.1. The third-order valence-corrected chi connectivity index (χ3v) is 6.52. The standard InChI is InChI=1S/C23H19N3O2S2/c1-14-18(21(27)25-17-7-4-3-5-8-17)9-6-10-19(14)26-22(28)20-15(2)24-23(30-20)16-11-12-29-13-16/h3-13H,1-2H3,(H,25,27)(H,26,28). The monoisotopic (exact) mass is 433 g/mol. The Bertz CT molecular complexity index is 1200. The van der Waals surface area contributed by atoms with Gasteiger partial charge in [0.1, 0.15) is 9.88 Å². The lowest BCUT2D eigenvalue weighted by Crippen LogP contribution is -2.16. The van der Waals surface area contributed by atoms with Crippen LogP contribution in [0.15, 0.2) is 65.4 Å². The molecule has 0 bridgehead atoms. The van der Waals surface area contributed by atoms with Gasteiger partial charge in [-0.1, -0.05) is 24.3 Å². The van der Waals surface area contributed by atoms with Gasteiger partial charge in [0.05, 0.1) is 5.69 Å². The van der Waals surface area contributed by atoms with E-state index >= 15 is 0 Å². The lowest BCUT2D eigenvalue weighted by atomic mass is 10.1. The highest BCUT2D eigenvalue weighted by atomic mass is 32.1. The Morgan fingerprint density at radius 1 is 0.900 bits per heavy atom. The van der Waals surface area contributed by atoms with Gasteiger partial charge in [-0.05, 0) is 55.1 Å². The topological polar surface area (TPSA) is 71.1 Å². The van der Waals surface area contributed by atoms with Crippen LogP contribution in [-0.2, 0) is 0 Å². The molecular weight excluding hydrogens is 414 g/mol. The summed E-state index contributed by atoms with van der Waals surface area (Å²) in [7, 11) is 0. The largest absolute Gasteiger partial charge is 0.322 e. The number of amides is 2. The smallest absolute Gasteiger partial charge is 0.267 e. The van der Waals surface area contributed by atoms with Gasteiger partial charge in [-0.3, -0.25) is 9.59 Å². The maximum absolute atomic E-state index is 12.9. The Labute approximate surface area is 182 Å². The summed E-state index contributed by atoms with van der Waals surface area (Å²) in [5.74, 6) is -0.446. The number of thiazole rings is 1. The molecular formula is C23H19N3O2S2. The van der Waals surface area contributed by atoms with Crippen molar-refractivity contribution >= 4 is 45.9 Å². The van der Waals surface area contributed by atoms with Crippen molar-refractivity contribution in [3.63, 3.8) is 0 Å². The van der Waals surface area contributed by atoms with Gasteiger partial charge < -0.3 is 10.6 Å². The number of nitrogens with zero attached hydrogens (tertiary/aromatic N) is 1. The number of aromatic nitrogens is 1. The third-order valence-electron chi connectivity index (χ3n) is 4.63. The highest BCUT2D eigenvalue weighted by Gasteiger charge is 2.19. The summed E-state index contributed by atoms with van der Waals surface area (Å²) in [5, 5.41) is 10.6. The van der Waals surface area contributed by atoms with Gasteiger partial charge in [-0.2, -0.15) is 11.3 Å². The van der Waals surface area contributed by atoms with Crippen LogP contribution >= 0.6 is 22.7 Å². The fourth-order valence-corrected chi connectivity index (χ4v) is 4.71. The molecule has 0 unspecified atom stereocenters. The molecule has 0 saturated heterocycles. The van der Waals surface area contributed by atoms with E-state index in [0.717, 1.165) is 16.3 Å². The van der Waals surface area contributed by atoms with Gasteiger partial charge in [-0.15, -0.1) is 11.3 Å². The summed E-state index contributed by atoms with van der Waals surface area (Å²) >= 11 is 2.96. The van der Waals surface area contributed by atoms with Crippen LogP contribution in [0.2, 0.25) is 0 Å². The summed E-state index contributed by atoms with van der Waals surface area (Å²) in [6, 6.07) is 16.6. The molecule has 7 heteroatoms. The summed E-state index contributed by atoms with van der Waals surface area (Å²) < 4.78 is 0. The first kappa shape index (κ1) is 20.0. The molecule has 2 amide bonds. The molecule has 0 aliphatic carbocycles. The van der Waals surface area contributed by atoms with E-state index < -0.39 is 0 Å². The predicted octanol–water partition coefficient (Wildman–Crippen LogP) is 5.99. The van der Waals surface area contributed by atoms with Gasteiger partial charge in [0.25, 0.3) is 11.8 Å². The fourth-order valence-electron chi connectivity index (χ4n) is 3.03. The quantitative estimate of drug-likeness (QED) is 0.406. The molecule has 150 valence electrons. The molecule has 2 aromatic heterocycles. The number of anilines is 2. The number of thiophene rings is 1. The molecule has 4 rings (SSSR count). The van der Waals surface area contributed by atoms with Crippen molar-refractivity contribution in [2.45, 2.75) is 13.8 Å². The summed E-state index contributed by atoms with van der Waals surface area (Å²) in [6.45, 7) is 3.66. The molecule has 0 fully saturated rings. The van der Waals surface area contributed by atoms with Crippen LogP contribution in [0.1, 0.15) is 31.3 Å². The number of hydrogen-bond acceptors (Lipinski definition) is 5. The van der Waals surface area contributed by atoms with Crippen molar-refractivity contribution in [2.75, 3.05) is 10.6 Å². The number of carbonyl (C=O) groups excluding carboxylic acids is 2. The number of hydrogen-bond donors (Lipinski definition) is 2. The van der Waals surface area contributed by atoms with Crippen molar-refractivity contribution < 1.29 is 9.59 Å². The summed E-state index contributed by atoms with van der Waals surface area (Å²) in [5.41, 5.74) is 4.25. The van der Waals surface area contributed by atoms with Crippen molar-refractivity contribution in [3.8, 4) is 10.6 Å². The minimum Gasteiger partial charge on any atom is -0.322 e. The van der Waals surface area contributed by atoms with Gasteiger partial charge in [0.2, 0.25) is 0 Å². The van der Waals surface area contributed by atoms with Crippen LogP contribution < -0.4 is 10.6 Å². The third kappa shape index (κ3) is 4.17. The van der Waals surface area contributed by atoms with Crippen LogP contribution in [0.4, 0.5) is 11.4 Å². The minimum atomic E-state index is -0.227. The van der Waals surface area contributed by atoms with E-state index in [9.17, 15) is 9.59 Å². The maximum Gasteiger partial charge on any atom is 0.267 e. The number of nitrogens with one attached hydrogen (secondary N) is 2. The number of para-hydroxylation sites is 1. The van der Waals surface area contributed by atoms with Crippen molar-refractivity contribution in [1.82, 2.24) is 4.98 Å². The Morgan fingerprint density at radius 2 is 1.70 bits per heavy atom. The van der Waals surface area contributed by atoms with Gasteiger partial charge in [-0.25, -0.2) is 4.98 Å². The molecule has 0 radical (unpaired) electrons. The molecule has 30 heavy (non-hydrogen) atoms. The molecule has 0 aliphatic heterocycles. The van der Waals surface area contributed by atoms with Crippen molar-refractivity contribution in [1.29, 1.82) is 0 Å². The Balaban J connectivity index is 1.55. The number of aryl methyl sites for hydroxylation is 1. The van der Waals surface area contributed by atoms with E-state index in [1.165, 1.54) is 11.3 Å². The van der Waals surface area contributed by atoms with Gasteiger partial charge >= 0.3 is 0 Å². The minimum absolute atomic E-state index is 0.219. The van der Waals surface area contributed by atoms with E-state index in [2.05, 4.69) is 15.6 Å². The highest BCUT2D eigenvalue weighted by molar-refractivity contribution is 7.17. The van der Waals surface area contributed by atoms with Crippen LogP contribution in [-0.4, -0.2) is 16.8 Å². The first-order chi connectivity index (χ1) is 14.5. The fraction of sp³-hybridized carbons (Fsp3) is 0.0870. The van der Waals surface area contributed by atoms with Gasteiger partial charge in [0.15, 0.2) is 0 Å². The molecule has 4 aromatic rings. The molecule has 0 aliphatic rings. The van der Waals surface area contributed by atoms with Crippen LogP contribution in [0, 0.1) is 13.8 Å². The number of rotatable bonds is 5. The van der Waals surface area contributed by atoms with Gasteiger partial charge in [0, 0.05) is 27.9 Å². The SMILES string of the molecule is Cc1nc(-c2ccsc2)sc1C(=O)Nc1cccc(C(=O)Nc2ccccc2)c1C. The van der Waals surface area contributed by atoms with E-state index in [4.69, 9.17) is 0 Å². The lowest BCUT2D eigenvalue weighted by molar-refractivity contribution is 0.101. The summed E-state index contributed by atoms with van der Waals surface area (Å²) in [6.07, 6.45) is 0. The van der Waals surface area contributed by atoms with E-state index in [0.29, 0.717) is 27.4 Å². The zero-order chi connectivity index (χ0) is 21.1. The van der Waals surface area contributed by atoms with E-state index in [-0.39, 0.29) is 11.8 Å². The Morgan fingerprint density at radius 3 is 2.43 bits per heavy atom. The lowest BCUT2D eigenvalue weighted by Gasteiger charge is -2.12. The van der Waals surface area contributed by atoms with E-state index in [1.54, 1.807) is 29.5 Å². The Kier molecular flexibility index (Phi) is 5.74. The maximum atomic E-state index is 12.9. The molecule has 0 atom stereocenters. The van der Waals surface area contributed by atoms with Crippen LogP contribution in [0.25, 0.3) is 10.6 Å². The van der Waals surface area contributed by atoms with Crippen molar-refractivity contribution in [2.24, 2.45) is 0 Å². The second-order valence-corrected chi connectivity index (χ2v) is 8.48. The number of carbonyl (C=O) groups is 2. The van der Waals surface area contributed by atoms with Crippen LogP contribution in [0.5, 0.6) is 0 Å². The van der Waals surface area contributed by atoms with E-state index in [1.807, 2.05) is 61.0 Å². The molecule has 0 spiro atoms. The van der Waals surface area contributed by atoms with Crippen LogP contribution in [0.3, 0.4) is 0 Å². The molecule has 0 saturated carbocycles. The molecule has 2 heterocycles. The highest BCUT2D eigenvalue weighted by Crippen LogP contribution is 2.30. The zero-order valence-electron chi connectivity index (χ0n) is 16.4.